The highest BCUT2D eigenvalue weighted by Crippen LogP contribution is 2.13. The molecule has 19 heavy (non-hydrogen) atoms. The van der Waals surface area contributed by atoms with Crippen molar-refractivity contribution < 1.29 is 22.7 Å². The van der Waals surface area contributed by atoms with Crippen molar-refractivity contribution in [1.29, 1.82) is 0 Å². The Kier molecular flexibility index (Phi) is 6.11. The van der Waals surface area contributed by atoms with Crippen molar-refractivity contribution in [1.82, 2.24) is 5.32 Å². The Labute approximate surface area is 113 Å². The Morgan fingerprint density at radius 1 is 1.37 bits per heavy atom. The molecule has 7 heteroatoms. The van der Waals surface area contributed by atoms with Gasteiger partial charge in [0.15, 0.2) is 17.5 Å². The van der Waals surface area contributed by atoms with Crippen molar-refractivity contribution in [2.24, 2.45) is 0 Å². The van der Waals surface area contributed by atoms with E-state index >= 15 is 0 Å². The van der Waals surface area contributed by atoms with Crippen LogP contribution in [0.5, 0.6) is 0 Å². The van der Waals surface area contributed by atoms with Crippen LogP contribution in [0.4, 0.5) is 13.2 Å². The number of carbonyl (C=O) groups excluding carboxylic acids is 1. The Morgan fingerprint density at radius 3 is 2.47 bits per heavy atom. The molecule has 0 saturated heterocycles. The normalized spacial score (nSPS) is 12.3. The lowest BCUT2D eigenvalue weighted by atomic mass is 10.2. The lowest BCUT2D eigenvalue weighted by molar-refractivity contribution is 0.0950. The first-order chi connectivity index (χ1) is 8.95. The number of carbonyl (C=O) groups is 1. The number of rotatable bonds is 6. The minimum absolute atomic E-state index is 0.219. The second kappa shape index (κ2) is 7.35. The number of alkyl halides is 1. The highest BCUT2D eigenvalue weighted by molar-refractivity contribution is 6.20. The summed E-state index contributed by atoms with van der Waals surface area (Å²) in [6.45, 7) is 0.550. The quantitative estimate of drug-likeness (QED) is 0.647. The number of amides is 1. The second-order valence-electron chi connectivity index (χ2n) is 3.85. The van der Waals surface area contributed by atoms with Crippen LogP contribution in [0.25, 0.3) is 0 Å². The molecule has 3 nitrogen and oxygen atoms in total. The first-order valence-corrected chi connectivity index (χ1v) is 5.95. The van der Waals surface area contributed by atoms with Gasteiger partial charge < -0.3 is 10.1 Å². The maximum atomic E-state index is 12.9. The molecule has 0 fully saturated rings. The summed E-state index contributed by atoms with van der Waals surface area (Å²) in [5.74, 6) is -5.10. The van der Waals surface area contributed by atoms with E-state index in [-0.39, 0.29) is 17.5 Å². The van der Waals surface area contributed by atoms with Crippen molar-refractivity contribution >= 4 is 17.5 Å². The van der Waals surface area contributed by atoms with Crippen LogP contribution >= 0.6 is 11.6 Å². The summed E-state index contributed by atoms with van der Waals surface area (Å²) >= 11 is 5.84. The fraction of sp³-hybridized carbons (Fsp3) is 0.417. The predicted molar refractivity (Wildman–Crippen MR) is 64.8 cm³/mol. The number of benzene rings is 1. The average molecular weight is 296 g/mol. The zero-order chi connectivity index (χ0) is 14.4. The van der Waals surface area contributed by atoms with Gasteiger partial charge in [-0.1, -0.05) is 0 Å². The van der Waals surface area contributed by atoms with Crippen LogP contribution < -0.4 is 5.32 Å². The third-order valence-corrected chi connectivity index (χ3v) is 2.68. The van der Waals surface area contributed by atoms with Crippen molar-refractivity contribution in [3.8, 4) is 0 Å². The molecule has 0 aliphatic heterocycles. The van der Waals surface area contributed by atoms with E-state index in [1.54, 1.807) is 0 Å². The summed E-state index contributed by atoms with van der Waals surface area (Å²) in [6, 6.07) is 1.28. The van der Waals surface area contributed by atoms with Gasteiger partial charge in [0.1, 0.15) is 0 Å². The fourth-order valence-electron chi connectivity index (χ4n) is 1.40. The van der Waals surface area contributed by atoms with Crippen LogP contribution in [0, 0.1) is 17.5 Å². The number of halogens is 4. The van der Waals surface area contributed by atoms with Gasteiger partial charge >= 0.3 is 0 Å². The van der Waals surface area contributed by atoms with Gasteiger partial charge in [-0.15, -0.1) is 11.6 Å². The van der Waals surface area contributed by atoms with E-state index in [0.29, 0.717) is 25.2 Å². The molecule has 1 aromatic carbocycles. The maximum Gasteiger partial charge on any atom is 0.251 e. The van der Waals surface area contributed by atoms with Gasteiger partial charge in [0, 0.05) is 19.2 Å². The molecule has 0 spiro atoms. The molecule has 1 aromatic rings. The maximum absolute atomic E-state index is 12.9. The molecule has 1 rings (SSSR count). The molecular weight excluding hydrogens is 283 g/mol. The second-order valence-corrected chi connectivity index (χ2v) is 4.47. The van der Waals surface area contributed by atoms with Crippen LogP contribution in [0.1, 0.15) is 16.8 Å². The summed E-state index contributed by atoms with van der Waals surface area (Å²) in [4.78, 5) is 11.6. The van der Waals surface area contributed by atoms with Gasteiger partial charge in [0.25, 0.3) is 5.91 Å². The van der Waals surface area contributed by atoms with Crippen molar-refractivity contribution in [3.05, 3.63) is 35.1 Å². The zero-order valence-electron chi connectivity index (χ0n) is 10.2. The minimum atomic E-state index is -1.60. The van der Waals surface area contributed by atoms with Crippen LogP contribution in [0.3, 0.4) is 0 Å². The lowest BCUT2D eigenvalue weighted by Crippen LogP contribution is -2.27. The van der Waals surface area contributed by atoms with E-state index in [2.05, 4.69) is 5.32 Å². The molecule has 106 valence electrons. The first-order valence-electron chi connectivity index (χ1n) is 5.51. The van der Waals surface area contributed by atoms with Crippen molar-refractivity contribution in [2.75, 3.05) is 20.3 Å². The van der Waals surface area contributed by atoms with E-state index in [4.69, 9.17) is 16.3 Å². The molecular formula is C12H13ClF3NO2. The van der Waals surface area contributed by atoms with Crippen molar-refractivity contribution in [3.63, 3.8) is 0 Å². The van der Waals surface area contributed by atoms with E-state index in [0.717, 1.165) is 0 Å². The molecule has 0 saturated carbocycles. The monoisotopic (exact) mass is 295 g/mol. The molecule has 1 N–H and O–H groups in total. The minimum Gasteiger partial charge on any atom is -0.383 e. The zero-order valence-corrected chi connectivity index (χ0v) is 10.9. The number of hydrogen-bond donors (Lipinski definition) is 1. The predicted octanol–water partition coefficient (Wildman–Crippen LogP) is 2.48. The third-order valence-electron chi connectivity index (χ3n) is 2.34. The highest BCUT2D eigenvalue weighted by atomic mass is 35.5. The van der Waals surface area contributed by atoms with Gasteiger partial charge in [0.2, 0.25) is 0 Å². The molecule has 0 radical (unpaired) electrons. The van der Waals surface area contributed by atoms with Gasteiger partial charge in [-0.05, 0) is 18.6 Å². The molecule has 0 heterocycles. The Morgan fingerprint density at radius 2 is 1.95 bits per heavy atom. The standard InChI is InChI=1S/C12H13ClF3NO2/c1-19-6-8(13)2-3-17-12(18)7-4-9(14)11(16)10(15)5-7/h4-5,8H,2-3,6H2,1H3,(H,17,18). The molecule has 0 aliphatic carbocycles. The lowest BCUT2D eigenvalue weighted by Gasteiger charge is -2.09. The molecule has 1 amide bonds. The summed E-state index contributed by atoms with van der Waals surface area (Å²) < 4.78 is 43.3. The largest absolute Gasteiger partial charge is 0.383 e. The topological polar surface area (TPSA) is 38.3 Å². The number of hydrogen-bond acceptors (Lipinski definition) is 2. The van der Waals surface area contributed by atoms with E-state index < -0.39 is 23.4 Å². The van der Waals surface area contributed by atoms with Crippen LogP contribution in [0.2, 0.25) is 0 Å². The Bertz CT molecular complexity index is 434. The molecule has 0 aromatic heterocycles. The van der Waals surface area contributed by atoms with Gasteiger partial charge in [-0.3, -0.25) is 4.79 Å². The fourth-order valence-corrected chi connectivity index (χ4v) is 1.63. The molecule has 0 aliphatic rings. The number of nitrogens with one attached hydrogen (secondary N) is 1. The molecule has 1 unspecified atom stereocenters. The van der Waals surface area contributed by atoms with Crippen LogP contribution in [-0.4, -0.2) is 31.5 Å². The van der Waals surface area contributed by atoms with E-state index in [9.17, 15) is 18.0 Å². The summed E-state index contributed by atoms with van der Waals surface area (Å²) in [5, 5.41) is 2.16. The highest BCUT2D eigenvalue weighted by Gasteiger charge is 2.15. The van der Waals surface area contributed by atoms with Crippen LogP contribution in [0.15, 0.2) is 12.1 Å². The Hall–Kier alpha value is -1.27. The summed E-state index contributed by atoms with van der Waals surface area (Å²) in [5.41, 5.74) is -0.283. The molecule has 1 atom stereocenters. The van der Waals surface area contributed by atoms with Gasteiger partial charge in [-0.25, -0.2) is 13.2 Å². The van der Waals surface area contributed by atoms with Crippen LogP contribution in [-0.2, 0) is 4.74 Å². The summed E-state index contributed by atoms with van der Waals surface area (Å²) in [7, 11) is 1.50. The van der Waals surface area contributed by atoms with Crippen molar-refractivity contribution in [2.45, 2.75) is 11.8 Å². The van der Waals surface area contributed by atoms with E-state index in [1.165, 1.54) is 7.11 Å². The first kappa shape index (κ1) is 15.8. The van der Waals surface area contributed by atoms with Gasteiger partial charge in [-0.2, -0.15) is 0 Å². The third kappa shape index (κ3) is 4.72. The average Bonchev–Trinajstić information content (AvgIpc) is 2.35. The smallest absolute Gasteiger partial charge is 0.251 e. The SMILES string of the molecule is COCC(Cl)CCNC(=O)c1cc(F)c(F)c(F)c1. The Balaban J connectivity index is 2.55. The number of ether oxygens (including phenoxy) is 1. The van der Waals surface area contributed by atoms with Gasteiger partial charge in [0.05, 0.1) is 12.0 Å². The molecule has 0 bridgehead atoms. The number of methoxy groups -OCH3 is 1. The summed E-state index contributed by atoms with van der Waals surface area (Å²) in [6.07, 6.45) is 0.438. The van der Waals surface area contributed by atoms with E-state index in [1.807, 2.05) is 0 Å².